The summed E-state index contributed by atoms with van der Waals surface area (Å²) in [7, 11) is -1.45. The fourth-order valence-electron chi connectivity index (χ4n) is 7.04. The summed E-state index contributed by atoms with van der Waals surface area (Å²) in [4.78, 5) is 0. The van der Waals surface area contributed by atoms with Gasteiger partial charge in [-0.2, -0.15) is 0 Å². The van der Waals surface area contributed by atoms with E-state index < -0.39 is 120 Å². The quantitative estimate of drug-likeness (QED) is 0.0826. The second-order valence-electron chi connectivity index (χ2n) is 15.0. The van der Waals surface area contributed by atoms with Crippen LogP contribution in [0.15, 0.2) is 30.5 Å². The molecule has 4 heterocycles. The van der Waals surface area contributed by atoms with Gasteiger partial charge in [0.1, 0.15) is 73.2 Å². The number of aliphatic hydroxyl groups is 10. The van der Waals surface area contributed by atoms with E-state index in [4.69, 9.17) is 23.7 Å². The Bertz CT molecular complexity index is 1430. The van der Waals surface area contributed by atoms with E-state index in [1.54, 1.807) is 4.68 Å². The van der Waals surface area contributed by atoms with E-state index in [9.17, 15) is 51.1 Å². The van der Waals surface area contributed by atoms with Crippen molar-refractivity contribution < 1.29 is 74.7 Å². The predicted octanol–water partition coefficient (Wildman–Crippen LogP) is -3.75. The van der Waals surface area contributed by atoms with E-state index >= 15 is 0 Å². The smallest absolute Gasteiger partial charge is 0.187 e. The van der Waals surface area contributed by atoms with Crippen LogP contribution in [0.1, 0.15) is 37.1 Å². The lowest BCUT2D eigenvalue weighted by Crippen LogP contribution is -2.66. The Hall–Kier alpha value is -2.02. The highest BCUT2D eigenvalue weighted by Gasteiger charge is 2.53. The molecule has 0 amide bonds. The standard InChI is InChI=1S/C34H55N3O15Si/c1-5-19(16-6-9-18(10-7-16)53(2,3)4)37-12-17(35-36-37)8-11-20-24(41)27(44)31(22(14-39)48-20)51-34-30(47)28(45)32(23(15-40)50-34)52-33-29(46)26(43)25(42)21(13-38)49-33/h6-7,9-10,12,19-34,38-47H,5,8,11,13-15H2,1-4H3/t19?,20-,21?,22?,23?,24?,25+,26-,27+,28+,29?,30?,31+,32+,33+,34+/m0/s1. The van der Waals surface area contributed by atoms with E-state index in [0.717, 1.165) is 12.0 Å². The normalized spacial score (nSPS) is 38.9. The van der Waals surface area contributed by atoms with Gasteiger partial charge in [-0.3, -0.25) is 0 Å². The lowest BCUT2D eigenvalue weighted by atomic mass is 9.92. The van der Waals surface area contributed by atoms with Crippen LogP contribution < -0.4 is 5.19 Å². The molecule has 3 fully saturated rings. The number of hydrogen-bond donors (Lipinski definition) is 10. The first-order valence-corrected chi connectivity index (χ1v) is 21.5. The van der Waals surface area contributed by atoms with Crippen LogP contribution in [0, 0.1) is 0 Å². The van der Waals surface area contributed by atoms with Crippen LogP contribution in [0.3, 0.4) is 0 Å². The summed E-state index contributed by atoms with van der Waals surface area (Å²) in [5.41, 5.74) is 1.74. The Morgan fingerprint density at radius 3 is 1.74 bits per heavy atom. The van der Waals surface area contributed by atoms with Gasteiger partial charge in [0, 0.05) is 6.20 Å². The van der Waals surface area contributed by atoms with Crippen molar-refractivity contribution in [2.75, 3.05) is 19.8 Å². The fraction of sp³-hybridized carbons (Fsp3) is 0.765. The molecule has 10 N–H and O–H groups in total. The van der Waals surface area contributed by atoms with Gasteiger partial charge in [0.25, 0.3) is 0 Å². The van der Waals surface area contributed by atoms with Crippen LogP contribution in [0.4, 0.5) is 0 Å². The van der Waals surface area contributed by atoms with Crippen molar-refractivity contribution in [2.24, 2.45) is 0 Å². The number of ether oxygens (including phenoxy) is 5. The largest absolute Gasteiger partial charge is 0.394 e. The summed E-state index contributed by atoms with van der Waals surface area (Å²) in [5, 5.41) is 114. The van der Waals surface area contributed by atoms with Gasteiger partial charge >= 0.3 is 0 Å². The van der Waals surface area contributed by atoms with Gasteiger partial charge in [0.05, 0.1) is 45.7 Å². The number of aliphatic hydroxyl groups excluding tert-OH is 10. The number of aromatic nitrogens is 3. The molecular weight excluding hydrogens is 718 g/mol. The van der Waals surface area contributed by atoms with Crippen molar-refractivity contribution in [3.8, 4) is 0 Å². The minimum absolute atomic E-state index is 0.0298. The number of benzene rings is 1. The maximum atomic E-state index is 11.1. The summed E-state index contributed by atoms with van der Waals surface area (Å²) in [6.07, 6.45) is -20.4. The van der Waals surface area contributed by atoms with Crippen LogP contribution in [-0.4, -0.2) is 186 Å². The van der Waals surface area contributed by atoms with Crippen LogP contribution in [0.5, 0.6) is 0 Å². The Morgan fingerprint density at radius 2 is 1.19 bits per heavy atom. The third-order valence-electron chi connectivity index (χ3n) is 10.3. The van der Waals surface area contributed by atoms with Crippen LogP contribution in [0.25, 0.3) is 0 Å². The molecule has 19 heteroatoms. The van der Waals surface area contributed by atoms with Crippen molar-refractivity contribution >= 4 is 13.3 Å². The Balaban J connectivity index is 1.19. The lowest BCUT2D eigenvalue weighted by Gasteiger charge is -2.48. The average Bonchev–Trinajstić information content (AvgIpc) is 3.61. The third kappa shape index (κ3) is 9.17. The van der Waals surface area contributed by atoms with E-state index in [1.165, 1.54) is 5.19 Å². The molecule has 0 spiro atoms. The van der Waals surface area contributed by atoms with E-state index in [-0.39, 0.29) is 12.5 Å². The fourth-order valence-corrected chi connectivity index (χ4v) is 8.21. The zero-order chi connectivity index (χ0) is 38.8. The zero-order valence-electron chi connectivity index (χ0n) is 30.2. The summed E-state index contributed by atoms with van der Waals surface area (Å²) >= 11 is 0. The van der Waals surface area contributed by atoms with E-state index in [0.29, 0.717) is 12.1 Å². The minimum atomic E-state index is -1.90. The van der Waals surface area contributed by atoms with Gasteiger partial charge in [0.15, 0.2) is 12.6 Å². The van der Waals surface area contributed by atoms with Gasteiger partial charge in [-0.05, 0) is 24.8 Å². The number of hydrogen-bond acceptors (Lipinski definition) is 17. The highest BCUT2D eigenvalue weighted by atomic mass is 28.3. The molecule has 3 aliphatic heterocycles. The van der Waals surface area contributed by atoms with Crippen molar-refractivity contribution in [3.63, 3.8) is 0 Å². The maximum Gasteiger partial charge on any atom is 0.187 e. The third-order valence-corrected chi connectivity index (χ3v) is 12.4. The summed E-state index contributed by atoms with van der Waals surface area (Å²) in [6.45, 7) is 6.75. The summed E-state index contributed by atoms with van der Waals surface area (Å²) in [5.74, 6) is 0. The Kier molecular flexibility index (Phi) is 14.2. The molecule has 16 atom stereocenters. The second kappa shape index (κ2) is 17.8. The monoisotopic (exact) mass is 773 g/mol. The Labute approximate surface area is 308 Å². The van der Waals surface area contributed by atoms with E-state index in [1.807, 2.05) is 6.20 Å². The van der Waals surface area contributed by atoms with Crippen LogP contribution in [0.2, 0.25) is 19.6 Å². The first-order valence-electron chi connectivity index (χ1n) is 18.0. The number of rotatable bonds is 14. The molecule has 3 saturated heterocycles. The second-order valence-corrected chi connectivity index (χ2v) is 20.1. The van der Waals surface area contributed by atoms with Crippen molar-refractivity contribution in [3.05, 3.63) is 41.7 Å². The molecule has 2 aromatic rings. The molecule has 5 rings (SSSR count). The maximum absolute atomic E-state index is 11.1. The molecule has 18 nitrogen and oxygen atoms in total. The van der Waals surface area contributed by atoms with Crippen LogP contribution >= 0.6 is 0 Å². The van der Waals surface area contributed by atoms with Gasteiger partial charge in [-0.15, -0.1) is 5.10 Å². The highest BCUT2D eigenvalue weighted by molar-refractivity contribution is 6.88. The van der Waals surface area contributed by atoms with Gasteiger partial charge in [-0.25, -0.2) is 4.68 Å². The minimum Gasteiger partial charge on any atom is -0.394 e. The lowest BCUT2D eigenvalue weighted by molar-refractivity contribution is -0.372. The summed E-state index contributed by atoms with van der Waals surface area (Å²) < 4.78 is 30.1. The number of aryl methyl sites for hydroxylation is 1. The Morgan fingerprint density at radius 1 is 0.679 bits per heavy atom. The zero-order valence-corrected chi connectivity index (χ0v) is 31.2. The van der Waals surface area contributed by atoms with Crippen LogP contribution in [-0.2, 0) is 30.1 Å². The van der Waals surface area contributed by atoms with E-state index in [2.05, 4.69) is 61.1 Å². The topological polar surface area (TPSA) is 279 Å². The van der Waals surface area contributed by atoms with Gasteiger partial charge < -0.3 is 74.7 Å². The molecule has 53 heavy (non-hydrogen) atoms. The highest BCUT2D eigenvalue weighted by Crippen LogP contribution is 2.33. The molecule has 1 aromatic carbocycles. The molecule has 7 unspecified atom stereocenters. The molecule has 0 aliphatic carbocycles. The molecular formula is C34H55N3O15Si. The molecule has 0 saturated carbocycles. The molecule has 0 radical (unpaired) electrons. The predicted molar refractivity (Wildman–Crippen MR) is 185 cm³/mol. The SMILES string of the molecule is CCC(c1ccc([Si](C)(C)C)cc1)n1cc(CC[C@@H]2OC(CO)[C@@H](O[C@H]3OC(CO)[C@@H](O[C@H]4OC(CO)[C@@H](O)[C@H](O)C4O)[C@H](O)C3O)[C@H](O)C2O)nn1. The summed E-state index contributed by atoms with van der Waals surface area (Å²) in [6, 6.07) is 8.58. The molecule has 0 bridgehead atoms. The average molecular weight is 774 g/mol. The molecule has 3 aliphatic rings. The van der Waals surface area contributed by atoms with Crippen molar-refractivity contribution in [1.29, 1.82) is 0 Å². The van der Waals surface area contributed by atoms with Gasteiger partial charge in [0.2, 0.25) is 0 Å². The van der Waals surface area contributed by atoms with Crippen molar-refractivity contribution in [1.82, 2.24) is 15.0 Å². The van der Waals surface area contributed by atoms with Crippen molar-refractivity contribution in [2.45, 2.75) is 144 Å². The molecule has 1 aromatic heterocycles. The molecule has 300 valence electrons. The first kappa shape index (κ1) is 42.1. The van der Waals surface area contributed by atoms with Gasteiger partial charge in [-0.1, -0.05) is 61.2 Å². The number of nitrogens with zero attached hydrogens (tertiary/aromatic N) is 3. The first-order chi connectivity index (χ1) is 25.1.